The molecule has 2 aliphatic carbocycles. The van der Waals surface area contributed by atoms with Gasteiger partial charge in [0.2, 0.25) is 0 Å². The number of rotatable bonds is 6. The molecule has 0 amide bonds. The summed E-state index contributed by atoms with van der Waals surface area (Å²) in [6, 6.07) is 26.9. The van der Waals surface area contributed by atoms with E-state index in [-0.39, 0.29) is 16.9 Å². The number of phenols is 2. The molecule has 212 valence electrons. The topological polar surface area (TPSA) is 111 Å². The highest BCUT2D eigenvalue weighted by Gasteiger charge is 2.53. The van der Waals surface area contributed by atoms with Crippen LogP contribution in [0.1, 0.15) is 56.6 Å². The quantitative estimate of drug-likeness (QED) is 0.142. The molecule has 2 fully saturated rings. The van der Waals surface area contributed by atoms with Gasteiger partial charge in [-0.3, -0.25) is 0 Å². The predicted octanol–water partition coefficient (Wildman–Crippen LogP) is 8.34. The average molecular weight is 551 g/mol. The monoisotopic (exact) mass is 550 g/mol. The van der Waals surface area contributed by atoms with E-state index in [0.717, 1.165) is 24.3 Å². The number of nitrogens with two attached hydrogens (primary N) is 2. The number of benzene rings is 4. The fraction of sp³-hybridized carbons (Fsp3) is 0.314. The SMILES string of the molecule is CC1CC2CC(C)CC(c3ccc(Oc4ccc(N)c(O)c4)cc3)(C1)C2c1ccc(Oc2ccc(N)c(O)c2)cc1. The predicted molar refractivity (Wildman–Crippen MR) is 163 cm³/mol. The zero-order chi connectivity index (χ0) is 28.7. The highest BCUT2D eigenvalue weighted by atomic mass is 16.5. The molecule has 3 atom stereocenters. The smallest absolute Gasteiger partial charge is 0.142 e. The molecule has 6 heteroatoms. The van der Waals surface area contributed by atoms with Gasteiger partial charge in [0, 0.05) is 17.5 Å². The van der Waals surface area contributed by atoms with Crippen molar-refractivity contribution in [1.82, 2.24) is 0 Å². The summed E-state index contributed by atoms with van der Waals surface area (Å²) < 4.78 is 12.1. The van der Waals surface area contributed by atoms with E-state index in [1.165, 1.54) is 36.1 Å². The second kappa shape index (κ2) is 10.6. The summed E-state index contributed by atoms with van der Waals surface area (Å²) >= 11 is 0. The summed E-state index contributed by atoms with van der Waals surface area (Å²) in [5.41, 5.74) is 14.9. The Kier molecular flexibility index (Phi) is 6.94. The van der Waals surface area contributed by atoms with E-state index in [1.807, 2.05) is 24.3 Å². The molecule has 4 aromatic carbocycles. The molecule has 2 bridgehead atoms. The van der Waals surface area contributed by atoms with Crippen molar-refractivity contribution in [3.63, 3.8) is 0 Å². The van der Waals surface area contributed by atoms with Crippen LogP contribution < -0.4 is 20.9 Å². The molecule has 0 saturated heterocycles. The summed E-state index contributed by atoms with van der Waals surface area (Å²) in [6.07, 6.45) is 4.77. The van der Waals surface area contributed by atoms with Gasteiger partial charge in [-0.25, -0.2) is 0 Å². The molecule has 2 saturated carbocycles. The summed E-state index contributed by atoms with van der Waals surface area (Å²) in [5, 5.41) is 19.9. The maximum atomic E-state index is 9.96. The first-order chi connectivity index (χ1) is 19.7. The number of ether oxygens (including phenoxy) is 2. The number of hydrogen-bond donors (Lipinski definition) is 4. The van der Waals surface area contributed by atoms with E-state index >= 15 is 0 Å². The number of phenolic OH excluding ortho intramolecular Hbond substituents is 2. The molecule has 2 aliphatic rings. The Bertz CT molecular complexity index is 1520. The van der Waals surface area contributed by atoms with Crippen LogP contribution in [-0.2, 0) is 5.41 Å². The highest BCUT2D eigenvalue weighted by molar-refractivity contribution is 5.56. The van der Waals surface area contributed by atoms with Gasteiger partial charge in [0.05, 0.1) is 11.4 Å². The van der Waals surface area contributed by atoms with Crippen LogP contribution in [0.5, 0.6) is 34.5 Å². The second-order valence-electron chi connectivity index (χ2n) is 12.2. The molecule has 4 aromatic rings. The molecule has 6 N–H and O–H groups in total. The Hall–Kier alpha value is -4.32. The summed E-state index contributed by atoms with van der Waals surface area (Å²) in [6.45, 7) is 4.80. The number of fused-ring (bicyclic) bond motifs is 2. The first kappa shape index (κ1) is 26.9. The van der Waals surface area contributed by atoms with E-state index in [4.69, 9.17) is 20.9 Å². The average Bonchev–Trinajstić information content (AvgIpc) is 2.93. The Balaban J connectivity index is 1.30. The van der Waals surface area contributed by atoms with Gasteiger partial charge in [-0.2, -0.15) is 0 Å². The summed E-state index contributed by atoms with van der Waals surface area (Å²) in [7, 11) is 0. The van der Waals surface area contributed by atoms with Crippen LogP contribution in [0, 0.1) is 17.8 Å². The van der Waals surface area contributed by atoms with Gasteiger partial charge < -0.3 is 31.2 Å². The van der Waals surface area contributed by atoms with Gasteiger partial charge in [-0.1, -0.05) is 38.1 Å². The van der Waals surface area contributed by atoms with Gasteiger partial charge in [-0.05, 0) is 109 Å². The Morgan fingerprint density at radius 3 is 1.54 bits per heavy atom. The standard InChI is InChI=1S/C35H38N2O4/c1-21-15-24-16-22(2)20-35(19-21,25-5-9-27(10-6-25)41-29-12-14-31(37)33(39)18-29)34(24)23-3-7-26(8-4-23)40-28-11-13-30(36)32(38)17-28/h3-14,17-18,21-22,24,34,38-39H,15-16,19-20,36-37H2,1-2H3. The first-order valence-electron chi connectivity index (χ1n) is 14.4. The molecule has 0 aliphatic heterocycles. The normalized spacial score (nSPS) is 25.4. The van der Waals surface area contributed by atoms with Crippen molar-refractivity contribution in [3.8, 4) is 34.5 Å². The fourth-order valence-corrected chi connectivity index (χ4v) is 7.65. The van der Waals surface area contributed by atoms with Crippen molar-refractivity contribution < 1.29 is 19.7 Å². The van der Waals surface area contributed by atoms with E-state index in [2.05, 4.69) is 38.1 Å². The third-order valence-electron chi connectivity index (χ3n) is 9.05. The van der Waals surface area contributed by atoms with Gasteiger partial charge in [-0.15, -0.1) is 0 Å². The molecule has 0 heterocycles. The third kappa shape index (κ3) is 5.26. The van der Waals surface area contributed by atoms with E-state index in [0.29, 0.717) is 46.5 Å². The van der Waals surface area contributed by atoms with E-state index < -0.39 is 0 Å². The van der Waals surface area contributed by atoms with Crippen LogP contribution in [0.25, 0.3) is 0 Å². The van der Waals surface area contributed by atoms with Crippen molar-refractivity contribution in [2.75, 3.05) is 11.5 Å². The zero-order valence-electron chi connectivity index (χ0n) is 23.6. The zero-order valence-corrected chi connectivity index (χ0v) is 23.6. The minimum absolute atomic E-state index is 0.0160. The van der Waals surface area contributed by atoms with Gasteiger partial charge >= 0.3 is 0 Å². The lowest BCUT2D eigenvalue weighted by molar-refractivity contribution is 0.0471. The second-order valence-corrected chi connectivity index (χ2v) is 12.2. The molecular weight excluding hydrogens is 512 g/mol. The first-order valence-corrected chi connectivity index (χ1v) is 14.4. The Morgan fingerprint density at radius 2 is 1.07 bits per heavy atom. The highest BCUT2D eigenvalue weighted by Crippen LogP contribution is 2.61. The lowest BCUT2D eigenvalue weighted by Gasteiger charge is -2.56. The van der Waals surface area contributed by atoms with Crippen LogP contribution in [0.3, 0.4) is 0 Å². The number of anilines is 2. The largest absolute Gasteiger partial charge is 0.506 e. The van der Waals surface area contributed by atoms with Crippen molar-refractivity contribution in [1.29, 1.82) is 0 Å². The lowest BCUT2D eigenvalue weighted by Crippen LogP contribution is -2.48. The Morgan fingerprint density at radius 1 is 0.634 bits per heavy atom. The molecule has 0 radical (unpaired) electrons. The fourth-order valence-electron chi connectivity index (χ4n) is 7.65. The van der Waals surface area contributed by atoms with Crippen LogP contribution in [0.2, 0.25) is 0 Å². The van der Waals surface area contributed by atoms with Crippen LogP contribution in [-0.4, -0.2) is 10.2 Å². The molecule has 3 unspecified atom stereocenters. The van der Waals surface area contributed by atoms with Crippen molar-refractivity contribution in [2.24, 2.45) is 17.8 Å². The molecule has 6 rings (SSSR count). The van der Waals surface area contributed by atoms with Crippen LogP contribution in [0.15, 0.2) is 84.9 Å². The van der Waals surface area contributed by atoms with Gasteiger partial charge in [0.1, 0.15) is 34.5 Å². The lowest BCUT2D eigenvalue weighted by atomic mass is 9.47. The molecule has 41 heavy (non-hydrogen) atoms. The molecule has 6 nitrogen and oxygen atoms in total. The van der Waals surface area contributed by atoms with E-state index in [1.54, 1.807) is 24.3 Å². The summed E-state index contributed by atoms with van der Waals surface area (Å²) in [4.78, 5) is 0. The van der Waals surface area contributed by atoms with Crippen LogP contribution >= 0.6 is 0 Å². The molecule has 0 aromatic heterocycles. The van der Waals surface area contributed by atoms with Crippen molar-refractivity contribution >= 4 is 11.4 Å². The molecule has 0 spiro atoms. The minimum atomic E-state index is 0.0160. The van der Waals surface area contributed by atoms with Crippen molar-refractivity contribution in [3.05, 3.63) is 96.1 Å². The third-order valence-corrected chi connectivity index (χ3v) is 9.05. The number of aromatic hydroxyl groups is 2. The summed E-state index contributed by atoms with van der Waals surface area (Å²) in [5.74, 6) is 4.91. The van der Waals surface area contributed by atoms with Gasteiger partial charge in [0.25, 0.3) is 0 Å². The number of nitrogen functional groups attached to an aromatic ring is 2. The van der Waals surface area contributed by atoms with Crippen molar-refractivity contribution in [2.45, 2.75) is 50.9 Å². The van der Waals surface area contributed by atoms with Gasteiger partial charge in [0.15, 0.2) is 0 Å². The maximum Gasteiger partial charge on any atom is 0.142 e. The van der Waals surface area contributed by atoms with E-state index in [9.17, 15) is 10.2 Å². The molecular formula is C35H38N2O4. The number of hydrogen-bond acceptors (Lipinski definition) is 6. The van der Waals surface area contributed by atoms with Crippen LogP contribution in [0.4, 0.5) is 11.4 Å². The Labute approximate surface area is 241 Å². The maximum absolute atomic E-state index is 9.96. The minimum Gasteiger partial charge on any atom is -0.506 e.